The normalized spacial score (nSPS) is 10.2. The molecule has 3 nitrogen and oxygen atoms in total. The molecule has 1 aromatic heterocycles. The molecule has 18 heavy (non-hydrogen) atoms. The molecule has 0 radical (unpaired) electrons. The zero-order valence-electron chi connectivity index (χ0n) is 10.1. The maximum atomic E-state index is 11.3. The number of aryl methyl sites for hydroxylation is 1. The molecule has 92 valence electrons. The predicted molar refractivity (Wildman–Crippen MR) is 73.2 cm³/mol. The Hall–Kier alpha value is -1.68. The Bertz CT molecular complexity index is 596. The number of pyridine rings is 1. The minimum atomic E-state index is -0.00484. The first kappa shape index (κ1) is 12.8. The van der Waals surface area contributed by atoms with E-state index >= 15 is 0 Å². The van der Waals surface area contributed by atoms with Gasteiger partial charge in [0.05, 0.1) is 0 Å². The lowest BCUT2D eigenvalue weighted by atomic mass is 10.2. The van der Waals surface area contributed by atoms with E-state index in [0.717, 1.165) is 15.8 Å². The van der Waals surface area contributed by atoms with Crippen LogP contribution in [-0.4, -0.2) is 10.8 Å². The number of carbonyl (C=O) groups is 1. The number of carbonyl (C=O) groups excluding carboxylic acids is 1. The van der Waals surface area contributed by atoms with E-state index in [4.69, 9.17) is 4.74 Å². The van der Waals surface area contributed by atoms with Gasteiger partial charge in [-0.3, -0.25) is 4.79 Å². The number of Topliss-reactive ketones (excluding diaryl/α,β-unsaturated/α-hetero) is 1. The first-order valence-corrected chi connectivity index (χ1v) is 6.26. The van der Waals surface area contributed by atoms with E-state index < -0.39 is 0 Å². The minimum absolute atomic E-state index is 0.00484. The van der Waals surface area contributed by atoms with Crippen molar-refractivity contribution in [3.05, 3.63) is 52.1 Å². The van der Waals surface area contributed by atoms with E-state index in [1.54, 1.807) is 18.3 Å². The summed E-state index contributed by atoms with van der Waals surface area (Å²) in [6, 6.07) is 9.04. The van der Waals surface area contributed by atoms with Crippen LogP contribution >= 0.6 is 15.9 Å². The second-order valence-electron chi connectivity index (χ2n) is 3.95. The largest absolute Gasteiger partial charge is 0.439 e. The van der Waals surface area contributed by atoms with Gasteiger partial charge >= 0.3 is 0 Å². The van der Waals surface area contributed by atoms with Crippen LogP contribution in [-0.2, 0) is 0 Å². The van der Waals surface area contributed by atoms with Gasteiger partial charge in [-0.1, -0.05) is 15.9 Å². The van der Waals surface area contributed by atoms with Gasteiger partial charge in [0.1, 0.15) is 5.75 Å². The molecule has 0 amide bonds. The number of hydrogen-bond donors (Lipinski definition) is 0. The van der Waals surface area contributed by atoms with Crippen molar-refractivity contribution in [1.82, 2.24) is 4.98 Å². The molecule has 1 heterocycles. The zero-order chi connectivity index (χ0) is 13.1. The topological polar surface area (TPSA) is 39.2 Å². The molecule has 0 atom stereocenters. The SMILES string of the molecule is CC(=O)c1ccnc(Oc2ccc(Br)cc2C)c1. The fraction of sp³-hybridized carbons (Fsp3) is 0.143. The van der Waals surface area contributed by atoms with Gasteiger partial charge in [0.15, 0.2) is 5.78 Å². The van der Waals surface area contributed by atoms with Crippen LogP contribution in [0.3, 0.4) is 0 Å². The fourth-order valence-corrected chi connectivity index (χ4v) is 2.00. The molecule has 0 unspecified atom stereocenters. The Kier molecular flexibility index (Phi) is 3.77. The Balaban J connectivity index is 2.28. The molecule has 0 saturated carbocycles. The third-order valence-corrected chi connectivity index (χ3v) is 2.99. The molecule has 0 aliphatic heterocycles. The monoisotopic (exact) mass is 305 g/mol. The van der Waals surface area contributed by atoms with E-state index in [2.05, 4.69) is 20.9 Å². The third kappa shape index (κ3) is 2.96. The van der Waals surface area contributed by atoms with Crippen LogP contribution < -0.4 is 4.74 Å². The van der Waals surface area contributed by atoms with Gasteiger partial charge in [0.2, 0.25) is 5.88 Å². The van der Waals surface area contributed by atoms with Gasteiger partial charge < -0.3 is 4.74 Å². The summed E-state index contributed by atoms with van der Waals surface area (Å²) >= 11 is 3.40. The highest BCUT2D eigenvalue weighted by Gasteiger charge is 2.05. The standard InChI is InChI=1S/C14H12BrNO2/c1-9-7-12(15)3-4-13(9)18-14-8-11(10(2)17)5-6-16-14/h3-8H,1-2H3. The number of rotatable bonds is 3. The van der Waals surface area contributed by atoms with Crippen LogP contribution in [0.15, 0.2) is 41.0 Å². The van der Waals surface area contributed by atoms with Crippen LogP contribution in [0.25, 0.3) is 0 Å². The second kappa shape index (κ2) is 5.31. The number of hydrogen-bond acceptors (Lipinski definition) is 3. The summed E-state index contributed by atoms with van der Waals surface area (Å²) in [6.07, 6.45) is 1.57. The quantitative estimate of drug-likeness (QED) is 0.800. The number of nitrogens with zero attached hydrogens (tertiary/aromatic N) is 1. The number of aromatic nitrogens is 1. The summed E-state index contributed by atoms with van der Waals surface area (Å²) in [7, 11) is 0. The predicted octanol–water partition coefficient (Wildman–Crippen LogP) is 4.15. The summed E-state index contributed by atoms with van der Waals surface area (Å²) in [6.45, 7) is 3.47. The molecule has 0 bridgehead atoms. The highest BCUT2D eigenvalue weighted by atomic mass is 79.9. The molecular weight excluding hydrogens is 294 g/mol. The fourth-order valence-electron chi connectivity index (χ4n) is 1.52. The van der Waals surface area contributed by atoms with Gasteiger partial charge in [-0.15, -0.1) is 0 Å². The minimum Gasteiger partial charge on any atom is -0.439 e. The molecule has 0 fully saturated rings. The van der Waals surface area contributed by atoms with Crippen molar-refractivity contribution < 1.29 is 9.53 Å². The average molecular weight is 306 g/mol. The van der Waals surface area contributed by atoms with E-state index in [-0.39, 0.29) is 5.78 Å². The Morgan fingerprint density at radius 1 is 1.28 bits per heavy atom. The van der Waals surface area contributed by atoms with Gasteiger partial charge in [-0.05, 0) is 43.7 Å². The highest BCUT2D eigenvalue weighted by Crippen LogP contribution is 2.26. The van der Waals surface area contributed by atoms with E-state index in [9.17, 15) is 4.79 Å². The van der Waals surface area contributed by atoms with Gasteiger partial charge in [0.25, 0.3) is 0 Å². The van der Waals surface area contributed by atoms with Crippen LogP contribution in [0.4, 0.5) is 0 Å². The Morgan fingerprint density at radius 2 is 2.06 bits per heavy atom. The summed E-state index contributed by atoms with van der Waals surface area (Å²) < 4.78 is 6.67. The summed E-state index contributed by atoms with van der Waals surface area (Å²) in [5, 5.41) is 0. The molecule has 4 heteroatoms. The number of ether oxygens (including phenoxy) is 1. The molecule has 2 aromatic rings. The summed E-state index contributed by atoms with van der Waals surface area (Å²) in [5.74, 6) is 1.15. The van der Waals surface area contributed by atoms with E-state index in [1.165, 1.54) is 6.92 Å². The van der Waals surface area contributed by atoms with E-state index in [0.29, 0.717) is 11.4 Å². The van der Waals surface area contributed by atoms with Crippen molar-refractivity contribution in [2.75, 3.05) is 0 Å². The van der Waals surface area contributed by atoms with Crippen molar-refractivity contribution >= 4 is 21.7 Å². The first-order chi connectivity index (χ1) is 8.56. The highest BCUT2D eigenvalue weighted by molar-refractivity contribution is 9.10. The molecule has 0 N–H and O–H groups in total. The van der Waals surface area contributed by atoms with Crippen LogP contribution in [0.1, 0.15) is 22.8 Å². The number of ketones is 1. The Morgan fingerprint density at radius 3 is 2.72 bits per heavy atom. The Labute approximate surface area is 114 Å². The number of benzene rings is 1. The van der Waals surface area contributed by atoms with Crippen molar-refractivity contribution in [3.63, 3.8) is 0 Å². The molecule has 0 aliphatic rings. The van der Waals surface area contributed by atoms with Crippen LogP contribution in [0.2, 0.25) is 0 Å². The van der Waals surface area contributed by atoms with Crippen molar-refractivity contribution in [2.24, 2.45) is 0 Å². The molecule has 2 rings (SSSR count). The third-order valence-electron chi connectivity index (χ3n) is 2.49. The average Bonchev–Trinajstić information content (AvgIpc) is 2.33. The lowest BCUT2D eigenvalue weighted by Gasteiger charge is -2.08. The van der Waals surface area contributed by atoms with Gasteiger partial charge in [-0.25, -0.2) is 4.98 Å². The zero-order valence-corrected chi connectivity index (χ0v) is 11.7. The number of halogens is 1. The first-order valence-electron chi connectivity index (χ1n) is 5.47. The van der Waals surface area contributed by atoms with Gasteiger partial charge in [0, 0.05) is 22.3 Å². The van der Waals surface area contributed by atoms with Crippen LogP contribution in [0, 0.1) is 6.92 Å². The lowest BCUT2D eigenvalue weighted by Crippen LogP contribution is -1.95. The van der Waals surface area contributed by atoms with Crippen molar-refractivity contribution in [3.8, 4) is 11.6 Å². The maximum absolute atomic E-state index is 11.3. The molecular formula is C14H12BrNO2. The smallest absolute Gasteiger partial charge is 0.219 e. The van der Waals surface area contributed by atoms with Crippen LogP contribution in [0.5, 0.6) is 11.6 Å². The van der Waals surface area contributed by atoms with Crippen molar-refractivity contribution in [1.29, 1.82) is 0 Å². The van der Waals surface area contributed by atoms with Crippen molar-refractivity contribution in [2.45, 2.75) is 13.8 Å². The van der Waals surface area contributed by atoms with E-state index in [1.807, 2.05) is 25.1 Å². The molecule has 0 aliphatic carbocycles. The van der Waals surface area contributed by atoms with Gasteiger partial charge in [-0.2, -0.15) is 0 Å². The molecule has 0 saturated heterocycles. The molecule has 1 aromatic carbocycles. The summed E-state index contributed by atoms with van der Waals surface area (Å²) in [4.78, 5) is 15.4. The summed E-state index contributed by atoms with van der Waals surface area (Å²) in [5.41, 5.74) is 1.59. The second-order valence-corrected chi connectivity index (χ2v) is 4.87. The molecule has 0 spiro atoms. The lowest BCUT2D eigenvalue weighted by molar-refractivity contribution is 0.101. The maximum Gasteiger partial charge on any atom is 0.219 e.